The van der Waals surface area contributed by atoms with E-state index >= 15 is 0 Å². The highest BCUT2D eigenvalue weighted by atomic mass is 19.1. The third-order valence-corrected chi connectivity index (χ3v) is 4.53. The summed E-state index contributed by atoms with van der Waals surface area (Å²) >= 11 is 0. The third-order valence-electron chi connectivity index (χ3n) is 4.53. The molecule has 1 heterocycles. The molecular weight excluding hydrogens is 307 g/mol. The van der Waals surface area contributed by atoms with E-state index in [1.54, 1.807) is 24.1 Å². The van der Waals surface area contributed by atoms with Gasteiger partial charge in [0.25, 0.3) is 5.91 Å². The zero-order chi connectivity index (χ0) is 17.1. The van der Waals surface area contributed by atoms with Gasteiger partial charge in [-0.05, 0) is 48.2 Å². The molecule has 4 nitrogen and oxygen atoms in total. The van der Waals surface area contributed by atoms with E-state index in [-0.39, 0.29) is 17.5 Å². The first-order valence-corrected chi connectivity index (χ1v) is 8.09. The minimum absolute atomic E-state index is 0.0122. The summed E-state index contributed by atoms with van der Waals surface area (Å²) in [5.41, 5.74) is 7.40. The Bertz CT molecular complexity index is 731. The smallest absolute Gasteiger partial charge is 0.257 e. The Labute approximate surface area is 141 Å². The van der Waals surface area contributed by atoms with Crippen molar-refractivity contribution in [1.29, 1.82) is 0 Å². The molecular formula is C19H21FN2O2. The van der Waals surface area contributed by atoms with Gasteiger partial charge in [0.2, 0.25) is 0 Å². The van der Waals surface area contributed by atoms with E-state index in [2.05, 4.69) is 0 Å². The number of ether oxygens (including phenoxy) is 1. The van der Waals surface area contributed by atoms with E-state index in [4.69, 9.17) is 10.5 Å². The van der Waals surface area contributed by atoms with Crippen LogP contribution in [-0.2, 0) is 0 Å². The number of amides is 1. The number of hydrogen-bond donors (Lipinski definition) is 1. The van der Waals surface area contributed by atoms with Gasteiger partial charge >= 0.3 is 0 Å². The molecule has 1 amide bonds. The summed E-state index contributed by atoms with van der Waals surface area (Å²) in [7, 11) is 1.60. The molecule has 2 aromatic carbocycles. The molecule has 1 atom stereocenters. The number of benzene rings is 2. The summed E-state index contributed by atoms with van der Waals surface area (Å²) in [4.78, 5) is 14.3. The van der Waals surface area contributed by atoms with Crippen molar-refractivity contribution in [2.45, 2.75) is 18.9 Å². The molecule has 126 valence electrons. The van der Waals surface area contributed by atoms with Crippen molar-refractivity contribution < 1.29 is 13.9 Å². The highest BCUT2D eigenvalue weighted by Crippen LogP contribution is 2.26. The zero-order valence-electron chi connectivity index (χ0n) is 13.7. The number of halogens is 1. The van der Waals surface area contributed by atoms with Crippen LogP contribution in [-0.4, -0.2) is 37.0 Å². The monoisotopic (exact) mass is 328 g/mol. The molecule has 24 heavy (non-hydrogen) atoms. The van der Waals surface area contributed by atoms with Gasteiger partial charge in [-0.2, -0.15) is 0 Å². The number of carbonyl (C=O) groups excluding carboxylic acids is 1. The molecule has 0 aromatic heterocycles. The van der Waals surface area contributed by atoms with Crippen LogP contribution in [0.2, 0.25) is 0 Å². The minimum Gasteiger partial charge on any atom is -0.497 e. The van der Waals surface area contributed by atoms with Crippen LogP contribution >= 0.6 is 0 Å². The number of rotatable bonds is 4. The van der Waals surface area contributed by atoms with E-state index < -0.39 is 5.82 Å². The summed E-state index contributed by atoms with van der Waals surface area (Å²) in [5, 5.41) is 0. The molecule has 0 aliphatic carbocycles. The first kappa shape index (κ1) is 16.5. The molecule has 0 radical (unpaired) electrons. The summed E-state index contributed by atoms with van der Waals surface area (Å²) in [6, 6.07) is 12.1. The molecule has 1 fully saturated rings. The fourth-order valence-corrected chi connectivity index (χ4v) is 3.15. The van der Waals surface area contributed by atoms with Crippen LogP contribution in [0.25, 0.3) is 11.1 Å². The lowest BCUT2D eigenvalue weighted by Crippen LogP contribution is -2.40. The van der Waals surface area contributed by atoms with Crippen molar-refractivity contribution in [2.75, 3.05) is 20.2 Å². The van der Waals surface area contributed by atoms with Crippen LogP contribution < -0.4 is 10.5 Å². The summed E-state index contributed by atoms with van der Waals surface area (Å²) in [6.07, 6.45) is 1.80. The van der Waals surface area contributed by atoms with Crippen molar-refractivity contribution in [3.8, 4) is 16.9 Å². The standard InChI is InChI=1S/C19H21FN2O2/c1-24-16-7-4-13(5-8-16)14-6-9-17(18(20)11-14)19(23)22-10-2-3-15(22)12-21/h4-9,11,15H,2-3,10,12,21H2,1H3/t15-/m0/s1. The van der Waals surface area contributed by atoms with Crippen molar-refractivity contribution in [3.63, 3.8) is 0 Å². The van der Waals surface area contributed by atoms with Gasteiger partial charge in [0, 0.05) is 19.1 Å². The van der Waals surface area contributed by atoms with Crippen LogP contribution in [0, 0.1) is 5.82 Å². The summed E-state index contributed by atoms with van der Waals surface area (Å²) in [6.45, 7) is 1.05. The highest BCUT2D eigenvalue weighted by molar-refractivity contribution is 5.95. The van der Waals surface area contributed by atoms with Gasteiger partial charge < -0.3 is 15.4 Å². The third kappa shape index (κ3) is 3.12. The minimum atomic E-state index is -0.504. The van der Waals surface area contributed by atoms with Crippen molar-refractivity contribution in [2.24, 2.45) is 5.73 Å². The van der Waals surface area contributed by atoms with Crippen LogP contribution in [0.5, 0.6) is 5.75 Å². The van der Waals surface area contributed by atoms with Crippen LogP contribution in [0.3, 0.4) is 0 Å². The molecule has 5 heteroatoms. The largest absolute Gasteiger partial charge is 0.497 e. The molecule has 0 bridgehead atoms. The number of hydrogen-bond acceptors (Lipinski definition) is 3. The number of nitrogens with two attached hydrogens (primary N) is 1. The Morgan fingerprint density at radius 1 is 1.25 bits per heavy atom. The van der Waals surface area contributed by atoms with Crippen LogP contribution in [0.1, 0.15) is 23.2 Å². The van der Waals surface area contributed by atoms with E-state index in [0.29, 0.717) is 13.1 Å². The molecule has 1 aliphatic heterocycles. The Kier molecular flexibility index (Phi) is 4.81. The van der Waals surface area contributed by atoms with Crippen molar-refractivity contribution in [3.05, 3.63) is 53.8 Å². The van der Waals surface area contributed by atoms with Gasteiger partial charge in [0.05, 0.1) is 12.7 Å². The van der Waals surface area contributed by atoms with E-state index in [0.717, 1.165) is 29.7 Å². The Morgan fingerprint density at radius 3 is 2.58 bits per heavy atom. The van der Waals surface area contributed by atoms with E-state index in [1.807, 2.05) is 24.3 Å². The second kappa shape index (κ2) is 7.01. The molecule has 0 spiro atoms. The van der Waals surface area contributed by atoms with Crippen molar-refractivity contribution >= 4 is 5.91 Å². The molecule has 2 aromatic rings. The summed E-state index contributed by atoms with van der Waals surface area (Å²) < 4.78 is 19.6. The number of likely N-dealkylation sites (tertiary alicyclic amines) is 1. The number of carbonyl (C=O) groups is 1. The quantitative estimate of drug-likeness (QED) is 0.938. The predicted octanol–water partition coefficient (Wildman–Crippen LogP) is 3.06. The Balaban J connectivity index is 1.85. The Hall–Kier alpha value is -2.40. The molecule has 3 rings (SSSR count). The van der Waals surface area contributed by atoms with Gasteiger partial charge in [-0.25, -0.2) is 4.39 Å². The topological polar surface area (TPSA) is 55.6 Å². The molecule has 1 aliphatic rings. The van der Waals surface area contributed by atoms with Crippen molar-refractivity contribution in [1.82, 2.24) is 4.90 Å². The predicted molar refractivity (Wildman–Crippen MR) is 91.5 cm³/mol. The van der Waals surface area contributed by atoms with Gasteiger partial charge in [0.1, 0.15) is 11.6 Å². The second-order valence-corrected chi connectivity index (χ2v) is 5.95. The maximum Gasteiger partial charge on any atom is 0.257 e. The fraction of sp³-hybridized carbons (Fsp3) is 0.316. The lowest BCUT2D eigenvalue weighted by molar-refractivity contribution is 0.0736. The fourth-order valence-electron chi connectivity index (χ4n) is 3.15. The number of nitrogens with zero attached hydrogens (tertiary/aromatic N) is 1. The van der Waals surface area contributed by atoms with Gasteiger partial charge in [0.15, 0.2) is 0 Å². The normalized spacial score (nSPS) is 17.1. The zero-order valence-corrected chi connectivity index (χ0v) is 13.7. The van der Waals surface area contributed by atoms with Gasteiger partial charge in [-0.15, -0.1) is 0 Å². The molecule has 0 unspecified atom stereocenters. The molecule has 0 saturated carbocycles. The maximum atomic E-state index is 14.5. The SMILES string of the molecule is COc1ccc(-c2ccc(C(=O)N3CCC[C@H]3CN)c(F)c2)cc1. The maximum absolute atomic E-state index is 14.5. The lowest BCUT2D eigenvalue weighted by atomic mass is 10.0. The lowest BCUT2D eigenvalue weighted by Gasteiger charge is -2.23. The van der Waals surface area contributed by atoms with E-state index in [9.17, 15) is 9.18 Å². The second-order valence-electron chi connectivity index (χ2n) is 5.95. The van der Waals surface area contributed by atoms with Crippen LogP contribution in [0.15, 0.2) is 42.5 Å². The van der Waals surface area contributed by atoms with E-state index in [1.165, 1.54) is 6.07 Å². The Morgan fingerprint density at radius 2 is 1.96 bits per heavy atom. The highest BCUT2D eigenvalue weighted by Gasteiger charge is 2.29. The van der Waals surface area contributed by atoms with Crippen LogP contribution in [0.4, 0.5) is 4.39 Å². The average Bonchev–Trinajstić information content (AvgIpc) is 3.10. The number of methoxy groups -OCH3 is 1. The van der Waals surface area contributed by atoms with Gasteiger partial charge in [-0.3, -0.25) is 4.79 Å². The first-order valence-electron chi connectivity index (χ1n) is 8.09. The first-order chi connectivity index (χ1) is 11.6. The molecule has 1 saturated heterocycles. The summed E-state index contributed by atoms with van der Waals surface area (Å²) in [5.74, 6) is -0.0365. The molecule has 2 N–H and O–H groups in total. The average molecular weight is 328 g/mol. The van der Waals surface area contributed by atoms with Gasteiger partial charge in [-0.1, -0.05) is 18.2 Å².